The molecular formula is C22H37N3O4S. The Bertz CT molecular complexity index is 611. The Balaban J connectivity index is 1.57. The fourth-order valence-corrected chi connectivity index (χ4v) is 6.35. The van der Waals surface area contributed by atoms with Crippen LogP contribution >= 0.6 is 11.8 Å². The third kappa shape index (κ3) is 5.69. The Hall–Kier alpha value is -1.28. The van der Waals surface area contributed by atoms with Gasteiger partial charge in [-0.05, 0) is 50.2 Å². The third-order valence-electron chi connectivity index (χ3n) is 6.66. The first-order valence-corrected chi connectivity index (χ1v) is 12.6. The van der Waals surface area contributed by atoms with E-state index in [1.165, 1.54) is 26.4 Å². The van der Waals surface area contributed by atoms with Gasteiger partial charge in [-0.25, -0.2) is 9.80 Å². The lowest BCUT2D eigenvalue weighted by molar-refractivity contribution is -0.140. The van der Waals surface area contributed by atoms with Gasteiger partial charge in [0.1, 0.15) is 0 Å². The molecule has 2 amide bonds. The number of nitrogens with zero attached hydrogens (tertiary/aromatic N) is 3. The molecular weight excluding hydrogens is 402 g/mol. The van der Waals surface area contributed by atoms with Gasteiger partial charge in [0.2, 0.25) is 0 Å². The fraction of sp³-hybridized carbons (Fsp3) is 0.864. The first-order chi connectivity index (χ1) is 14.5. The van der Waals surface area contributed by atoms with Crippen molar-refractivity contribution in [1.29, 1.82) is 0 Å². The number of rotatable bonds is 10. The minimum absolute atomic E-state index is 0.0203. The number of hydrogen-bond donors (Lipinski definition) is 1. The van der Waals surface area contributed by atoms with Crippen molar-refractivity contribution in [2.24, 2.45) is 11.0 Å². The maximum absolute atomic E-state index is 13.0. The summed E-state index contributed by atoms with van der Waals surface area (Å²) in [4.78, 5) is 26.2. The molecule has 3 aliphatic rings. The van der Waals surface area contributed by atoms with Gasteiger partial charge in [0, 0.05) is 18.2 Å². The number of urea groups is 1. The van der Waals surface area contributed by atoms with Crippen LogP contribution in [0.15, 0.2) is 5.10 Å². The van der Waals surface area contributed by atoms with Gasteiger partial charge in [0.05, 0.1) is 31.5 Å². The quantitative estimate of drug-likeness (QED) is 0.319. The van der Waals surface area contributed by atoms with Crippen LogP contribution in [0.5, 0.6) is 0 Å². The number of ether oxygens (including phenoxy) is 1. The normalized spacial score (nSPS) is 28.4. The van der Waals surface area contributed by atoms with Gasteiger partial charge in [-0.2, -0.15) is 16.9 Å². The van der Waals surface area contributed by atoms with Gasteiger partial charge in [-0.1, -0.05) is 26.2 Å². The molecule has 0 radical (unpaired) electrons. The van der Waals surface area contributed by atoms with Crippen LogP contribution in [0.25, 0.3) is 0 Å². The van der Waals surface area contributed by atoms with Crippen LogP contribution < -0.4 is 0 Å². The summed E-state index contributed by atoms with van der Waals surface area (Å²) in [5.41, 5.74) is 0. The van der Waals surface area contributed by atoms with Crippen molar-refractivity contribution in [3.05, 3.63) is 0 Å². The second kappa shape index (κ2) is 11.4. The van der Waals surface area contributed by atoms with Crippen LogP contribution in [-0.4, -0.2) is 76.1 Å². The van der Waals surface area contributed by atoms with E-state index in [1.54, 1.807) is 11.2 Å². The summed E-state index contributed by atoms with van der Waals surface area (Å²) in [6.07, 6.45) is 10.8. The van der Waals surface area contributed by atoms with E-state index in [2.05, 4.69) is 12.0 Å². The molecule has 0 aromatic carbocycles. The zero-order valence-electron chi connectivity index (χ0n) is 18.4. The van der Waals surface area contributed by atoms with Gasteiger partial charge >= 0.3 is 12.0 Å². The van der Waals surface area contributed by atoms with E-state index in [9.17, 15) is 14.7 Å². The summed E-state index contributed by atoms with van der Waals surface area (Å²) in [6.45, 7) is 2.84. The molecule has 0 bridgehead atoms. The molecule has 4 unspecified atom stereocenters. The van der Waals surface area contributed by atoms with Gasteiger partial charge in [-0.15, -0.1) is 0 Å². The Labute approximate surface area is 184 Å². The van der Waals surface area contributed by atoms with Crippen molar-refractivity contribution in [3.63, 3.8) is 0 Å². The minimum Gasteiger partial charge on any atom is -0.469 e. The highest BCUT2D eigenvalue weighted by molar-refractivity contribution is 7.99. The number of aliphatic hydroxyl groups excluding tert-OH is 1. The highest BCUT2D eigenvalue weighted by Crippen LogP contribution is 2.41. The first kappa shape index (κ1) is 23.4. The summed E-state index contributed by atoms with van der Waals surface area (Å²) < 4.78 is 4.70. The standard InChI is InChI=1S/C22H37N3O4S/c1-3-11-24-18-13-17(30-12-7-10-21(27)29-2)14-19(18)25(22(24)28)23-15-20(26)16-8-5-4-6-9-16/h15-20,26H,3-14H2,1-2H3/b23-15+. The smallest absolute Gasteiger partial charge is 0.341 e. The number of carbonyl (C=O) groups is 2. The number of aliphatic hydroxyl groups is 1. The number of thioether (sulfide) groups is 1. The SMILES string of the molecule is CCCN1C(=O)N(/N=C/C(O)C2CCCCC2)C2CC(SCCCC(=O)OC)CC21. The summed E-state index contributed by atoms with van der Waals surface area (Å²) in [6, 6.07) is 0.254. The minimum atomic E-state index is -0.568. The Morgan fingerprint density at radius 1 is 1.30 bits per heavy atom. The summed E-state index contributed by atoms with van der Waals surface area (Å²) in [5.74, 6) is 1.03. The molecule has 3 fully saturated rings. The average Bonchev–Trinajstić information content (AvgIpc) is 3.27. The fourth-order valence-electron chi connectivity index (χ4n) is 5.04. The maximum atomic E-state index is 13.0. The molecule has 7 nitrogen and oxygen atoms in total. The van der Waals surface area contributed by atoms with Crippen LogP contribution in [0.2, 0.25) is 0 Å². The Kier molecular flexibility index (Phi) is 8.86. The molecule has 2 saturated carbocycles. The largest absolute Gasteiger partial charge is 0.469 e. The second-order valence-corrected chi connectivity index (χ2v) is 10.2. The molecule has 30 heavy (non-hydrogen) atoms. The number of carbonyl (C=O) groups excluding carboxylic acids is 2. The number of hydrazone groups is 1. The van der Waals surface area contributed by atoms with Crippen molar-refractivity contribution < 1.29 is 19.4 Å². The first-order valence-electron chi connectivity index (χ1n) is 11.6. The lowest BCUT2D eigenvalue weighted by atomic mass is 9.86. The lowest BCUT2D eigenvalue weighted by Gasteiger charge is -2.25. The van der Waals surface area contributed by atoms with E-state index < -0.39 is 6.10 Å². The predicted octanol–water partition coefficient (Wildman–Crippen LogP) is 3.65. The van der Waals surface area contributed by atoms with Gasteiger partial charge in [0.15, 0.2) is 0 Å². The molecule has 3 rings (SSSR count). The van der Waals surface area contributed by atoms with Crippen LogP contribution in [0.4, 0.5) is 4.79 Å². The van der Waals surface area contributed by atoms with Crippen molar-refractivity contribution in [3.8, 4) is 0 Å². The zero-order chi connectivity index (χ0) is 21.5. The van der Waals surface area contributed by atoms with Gasteiger partial charge in [-0.3, -0.25) is 4.79 Å². The highest BCUT2D eigenvalue weighted by Gasteiger charge is 2.51. The number of amides is 2. The van der Waals surface area contributed by atoms with Crippen molar-refractivity contribution in [1.82, 2.24) is 9.91 Å². The highest BCUT2D eigenvalue weighted by atomic mass is 32.2. The molecule has 1 aliphatic heterocycles. The van der Waals surface area contributed by atoms with E-state index in [0.717, 1.165) is 50.8 Å². The number of esters is 1. The molecule has 2 aliphatic carbocycles. The average molecular weight is 440 g/mol. The van der Waals surface area contributed by atoms with Crippen molar-refractivity contribution in [2.45, 2.75) is 94.6 Å². The summed E-state index contributed by atoms with van der Waals surface area (Å²) in [7, 11) is 1.42. The lowest BCUT2D eigenvalue weighted by Crippen LogP contribution is -2.35. The molecule has 170 valence electrons. The van der Waals surface area contributed by atoms with E-state index in [-0.39, 0.29) is 30.0 Å². The molecule has 1 N–H and O–H groups in total. The van der Waals surface area contributed by atoms with E-state index in [0.29, 0.717) is 11.7 Å². The molecule has 8 heteroatoms. The summed E-state index contributed by atoms with van der Waals surface area (Å²) in [5, 5.41) is 17.2. The summed E-state index contributed by atoms with van der Waals surface area (Å²) >= 11 is 1.89. The van der Waals surface area contributed by atoms with Crippen LogP contribution in [0.3, 0.4) is 0 Å². The molecule has 0 aromatic rings. The van der Waals surface area contributed by atoms with Crippen LogP contribution in [-0.2, 0) is 9.53 Å². The molecule has 4 atom stereocenters. The van der Waals surface area contributed by atoms with Gasteiger partial charge < -0.3 is 14.7 Å². The molecule has 1 heterocycles. The molecule has 1 saturated heterocycles. The van der Waals surface area contributed by atoms with E-state index in [1.807, 2.05) is 16.7 Å². The van der Waals surface area contributed by atoms with Gasteiger partial charge in [0.25, 0.3) is 0 Å². The molecule has 0 spiro atoms. The van der Waals surface area contributed by atoms with Crippen LogP contribution in [0, 0.1) is 5.92 Å². The molecule has 0 aromatic heterocycles. The van der Waals surface area contributed by atoms with E-state index in [4.69, 9.17) is 4.74 Å². The van der Waals surface area contributed by atoms with E-state index >= 15 is 0 Å². The predicted molar refractivity (Wildman–Crippen MR) is 120 cm³/mol. The number of methoxy groups -OCH3 is 1. The van der Waals surface area contributed by atoms with Crippen molar-refractivity contribution >= 4 is 30.0 Å². The monoisotopic (exact) mass is 439 g/mol. The topological polar surface area (TPSA) is 82.4 Å². The maximum Gasteiger partial charge on any atom is 0.341 e. The second-order valence-electron chi connectivity index (χ2n) is 8.75. The third-order valence-corrected chi connectivity index (χ3v) is 8.04. The Morgan fingerprint density at radius 2 is 2.03 bits per heavy atom. The number of hydrogen-bond acceptors (Lipinski definition) is 6. The zero-order valence-corrected chi connectivity index (χ0v) is 19.2. The van der Waals surface area contributed by atoms with Crippen molar-refractivity contribution in [2.75, 3.05) is 19.4 Å². The number of fused-ring (bicyclic) bond motifs is 1. The Morgan fingerprint density at radius 3 is 2.73 bits per heavy atom. The van der Waals surface area contributed by atoms with Crippen LogP contribution in [0.1, 0.15) is 71.1 Å².